The average molecular weight is 353 g/mol. The Morgan fingerprint density at radius 3 is 2.55 bits per heavy atom. The van der Waals surface area contributed by atoms with Gasteiger partial charge < -0.3 is 10.2 Å². The van der Waals surface area contributed by atoms with Crippen LogP contribution in [-0.2, 0) is 13.0 Å². The van der Waals surface area contributed by atoms with Crippen molar-refractivity contribution in [2.45, 2.75) is 19.9 Å². The molecule has 0 fully saturated rings. The first-order chi connectivity index (χ1) is 10.5. The normalized spacial score (nSPS) is 10.4. The molecular formula is C17H18Cl2N2S. The molecule has 0 aliphatic heterocycles. The lowest BCUT2D eigenvalue weighted by molar-refractivity contribution is 0.508. The van der Waals surface area contributed by atoms with Gasteiger partial charge in [-0.25, -0.2) is 0 Å². The number of aryl methyl sites for hydroxylation is 1. The van der Waals surface area contributed by atoms with Crippen LogP contribution in [0.25, 0.3) is 0 Å². The number of nitrogens with zero attached hydrogens (tertiary/aromatic N) is 1. The minimum atomic E-state index is 0.558. The van der Waals surface area contributed by atoms with Crippen molar-refractivity contribution in [1.82, 2.24) is 4.90 Å². The second-order valence-corrected chi connectivity index (χ2v) is 6.25. The minimum absolute atomic E-state index is 0.558. The van der Waals surface area contributed by atoms with Crippen LogP contribution in [-0.4, -0.2) is 17.1 Å². The van der Waals surface area contributed by atoms with Gasteiger partial charge in [0.05, 0.1) is 10.0 Å². The van der Waals surface area contributed by atoms with E-state index >= 15 is 0 Å². The first-order valence-electron chi connectivity index (χ1n) is 7.05. The summed E-state index contributed by atoms with van der Waals surface area (Å²) < 4.78 is 0. The van der Waals surface area contributed by atoms with Gasteiger partial charge in [-0.1, -0.05) is 54.4 Å². The zero-order valence-corrected chi connectivity index (χ0v) is 14.9. The quantitative estimate of drug-likeness (QED) is 0.743. The zero-order valence-electron chi connectivity index (χ0n) is 12.6. The van der Waals surface area contributed by atoms with E-state index in [1.165, 1.54) is 5.56 Å². The van der Waals surface area contributed by atoms with Gasteiger partial charge in [0.2, 0.25) is 0 Å². The molecule has 0 unspecified atom stereocenters. The van der Waals surface area contributed by atoms with Gasteiger partial charge in [-0.15, -0.1) is 0 Å². The number of benzene rings is 2. The van der Waals surface area contributed by atoms with Crippen LogP contribution in [0.3, 0.4) is 0 Å². The van der Waals surface area contributed by atoms with E-state index in [0.717, 1.165) is 17.7 Å². The van der Waals surface area contributed by atoms with Crippen LogP contribution < -0.4 is 5.32 Å². The van der Waals surface area contributed by atoms with Crippen molar-refractivity contribution in [3.8, 4) is 0 Å². The fraction of sp³-hybridized carbons (Fsp3) is 0.235. The second kappa shape index (κ2) is 7.82. The van der Waals surface area contributed by atoms with E-state index in [1.54, 1.807) is 6.07 Å². The van der Waals surface area contributed by atoms with E-state index in [1.807, 2.05) is 42.3 Å². The molecule has 0 aromatic heterocycles. The molecule has 2 aromatic carbocycles. The molecule has 5 heteroatoms. The molecule has 1 N–H and O–H groups in total. The highest BCUT2D eigenvalue weighted by molar-refractivity contribution is 7.80. The third-order valence-corrected chi connectivity index (χ3v) is 4.54. The van der Waals surface area contributed by atoms with Crippen molar-refractivity contribution in [3.63, 3.8) is 0 Å². The van der Waals surface area contributed by atoms with E-state index in [2.05, 4.69) is 18.3 Å². The van der Waals surface area contributed by atoms with Crippen molar-refractivity contribution in [1.29, 1.82) is 0 Å². The van der Waals surface area contributed by atoms with Crippen LogP contribution in [0.2, 0.25) is 10.0 Å². The van der Waals surface area contributed by atoms with E-state index in [-0.39, 0.29) is 0 Å². The number of halogens is 2. The molecule has 22 heavy (non-hydrogen) atoms. The fourth-order valence-corrected chi connectivity index (χ4v) is 2.64. The molecular weight excluding hydrogens is 335 g/mol. The molecule has 0 saturated heterocycles. The Morgan fingerprint density at radius 2 is 1.86 bits per heavy atom. The smallest absolute Gasteiger partial charge is 0.173 e. The van der Waals surface area contributed by atoms with Crippen LogP contribution in [0.4, 0.5) is 5.69 Å². The summed E-state index contributed by atoms with van der Waals surface area (Å²) in [5, 5.41) is 5.10. The van der Waals surface area contributed by atoms with Gasteiger partial charge in [-0.05, 0) is 48.0 Å². The summed E-state index contributed by atoms with van der Waals surface area (Å²) in [5.41, 5.74) is 3.36. The summed E-state index contributed by atoms with van der Waals surface area (Å²) in [6, 6.07) is 13.8. The van der Waals surface area contributed by atoms with Crippen molar-refractivity contribution in [2.24, 2.45) is 0 Å². The minimum Gasteiger partial charge on any atom is -0.348 e. The Hall–Kier alpha value is -1.29. The monoisotopic (exact) mass is 352 g/mol. The van der Waals surface area contributed by atoms with Gasteiger partial charge in [0.15, 0.2) is 5.11 Å². The molecule has 2 aromatic rings. The summed E-state index contributed by atoms with van der Waals surface area (Å²) in [6.45, 7) is 2.79. The Kier molecular flexibility index (Phi) is 6.07. The topological polar surface area (TPSA) is 15.3 Å². The predicted octanol–water partition coefficient (Wildman–Crippen LogP) is 5.38. The second-order valence-electron chi connectivity index (χ2n) is 5.05. The van der Waals surface area contributed by atoms with Crippen LogP contribution in [0.1, 0.15) is 18.1 Å². The fourth-order valence-electron chi connectivity index (χ4n) is 2.14. The SMILES string of the molecule is CCc1ccccc1NC(=S)N(C)Cc1ccc(Cl)c(Cl)c1. The van der Waals surface area contributed by atoms with Gasteiger partial charge in [0.25, 0.3) is 0 Å². The molecule has 0 atom stereocenters. The Balaban J connectivity index is 2.04. The predicted molar refractivity (Wildman–Crippen MR) is 100.0 cm³/mol. The van der Waals surface area contributed by atoms with Crippen molar-refractivity contribution in [3.05, 3.63) is 63.6 Å². The van der Waals surface area contributed by atoms with Crippen LogP contribution in [0.5, 0.6) is 0 Å². The summed E-state index contributed by atoms with van der Waals surface area (Å²) in [5.74, 6) is 0. The molecule has 0 heterocycles. The number of nitrogens with one attached hydrogen (secondary N) is 1. The molecule has 2 nitrogen and oxygen atoms in total. The molecule has 0 amide bonds. The standard InChI is InChI=1S/C17H18Cl2N2S/c1-3-13-6-4-5-7-16(13)20-17(22)21(2)11-12-8-9-14(18)15(19)10-12/h4-10H,3,11H2,1-2H3,(H,20,22). The first kappa shape index (κ1) is 17.1. The number of thiocarbonyl (C=S) groups is 1. The van der Waals surface area contributed by atoms with Gasteiger partial charge >= 0.3 is 0 Å². The number of hydrogen-bond donors (Lipinski definition) is 1. The average Bonchev–Trinajstić information content (AvgIpc) is 2.51. The number of rotatable bonds is 4. The summed E-state index contributed by atoms with van der Waals surface area (Å²) in [6.07, 6.45) is 0.961. The molecule has 0 aliphatic rings. The summed E-state index contributed by atoms with van der Waals surface area (Å²) in [4.78, 5) is 1.97. The largest absolute Gasteiger partial charge is 0.348 e. The molecule has 0 aliphatic carbocycles. The van der Waals surface area contributed by atoms with E-state index in [9.17, 15) is 0 Å². The van der Waals surface area contributed by atoms with E-state index in [0.29, 0.717) is 21.7 Å². The summed E-state index contributed by atoms with van der Waals surface area (Å²) >= 11 is 17.5. The molecule has 0 radical (unpaired) electrons. The Labute approximate surface area is 147 Å². The van der Waals surface area contributed by atoms with Crippen molar-refractivity contribution < 1.29 is 0 Å². The van der Waals surface area contributed by atoms with E-state index < -0.39 is 0 Å². The van der Waals surface area contributed by atoms with Crippen LogP contribution in [0, 0.1) is 0 Å². The lowest BCUT2D eigenvalue weighted by Gasteiger charge is -2.22. The number of anilines is 1. The van der Waals surface area contributed by atoms with Gasteiger partial charge in [0, 0.05) is 19.3 Å². The zero-order chi connectivity index (χ0) is 16.1. The molecule has 2 rings (SSSR count). The maximum atomic E-state index is 6.05. The maximum Gasteiger partial charge on any atom is 0.173 e. The highest BCUT2D eigenvalue weighted by Crippen LogP contribution is 2.23. The summed E-state index contributed by atoms with van der Waals surface area (Å²) in [7, 11) is 1.95. The first-order valence-corrected chi connectivity index (χ1v) is 8.21. The highest BCUT2D eigenvalue weighted by atomic mass is 35.5. The Bertz CT molecular complexity index is 673. The number of hydrogen-bond acceptors (Lipinski definition) is 1. The van der Waals surface area contributed by atoms with E-state index in [4.69, 9.17) is 35.4 Å². The molecule has 0 saturated carbocycles. The van der Waals surface area contributed by atoms with Crippen LogP contribution >= 0.6 is 35.4 Å². The third-order valence-electron chi connectivity index (χ3n) is 3.39. The lowest BCUT2D eigenvalue weighted by Crippen LogP contribution is -2.30. The Morgan fingerprint density at radius 1 is 1.14 bits per heavy atom. The van der Waals surface area contributed by atoms with Crippen molar-refractivity contribution in [2.75, 3.05) is 12.4 Å². The van der Waals surface area contributed by atoms with Gasteiger partial charge in [-0.2, -0.15) is 0 Å². The van der Waals surface area contributed by atoms with Gasteiger partial charge in [-0.3, -0.25) is 0 Å². The third kappa shape index (κ3) is 4.35. The lowest BCUT2D eigenvalue weighted by atomic mass is 10.1. The molecule has 0 bridgehead atoms. The number of para-hydroxylation sites is 1. The van der Waals surface area contributed by atoms with Crippen molar-refractivity contribution >= 4 is 46.2 Å². The molecule has 116 valence electrons. The maximum absolute atomic E-state index is 6.05. The molecule has 0 spiro atoms. The van der Waals surface area contributed by atoms with Crippen LogP contribution in [0.15, 0.2) is 42.5 Å². The highest BCUT2D eigenvalue weighted by Gasteiger charge is 2.08. The van der Waals surface area contributed by atoms with Gasteiger partial charge in [0.1, 0.15) is 0 Å².